The van der Waals surface area contributed by atoms with Gasteiger partial charge in [0.2, 0.25) is 0 Å². The van der Waals surface area contributed by atoms with E-state index in [0.29, 0.717) is 18.2 Å². The van der Waals surface area contributed by atoms with Gasteiger partial charge in [-0.2, -0.15) is 0 Å². The van der Waals surface area contributed by atoms with Crippen LogP contribution in [0.25, 0.3) is 0 Å². The molecule has 0 fully saturated rings. The lowest BCUT2D eigenvalue weighted by molar-refractivity contribution is 0.102. The lowest BCUT2D eigenvalue weighted by atomic mass is 9.94. The predicted octanol–water partition coefficient (Wildman–Crippen LogP) is 5.68. The van der Waals surface area contributed by atoms with Gasteiger partial charge in [-0.1, -0.05) is 67.6 Å². The van der Waals surface area contributed by atoms with Crippen molar-refractivity contribution < 1.29 is 14.3 Å². The third-order valence-corrected chi connectivity index (χ3v) is 4.88. The van der Waals surface area contributed by atoms with E-state index in [-0.39, 0.29) is 6.61 Å². The average molecular weight is 389 g/mol. The molecule has 150 valence electrons. The van der Waals surface area contributed by atoms with Crippen LogP contribution in [0.2, 0.25) is 0 Å². The van der Waals surface area contributed by atoms with E-state index < -0.39 is 6.16 Å². The van der Waals surface area contributed by atoms with E-state index >= 15 is 0 Å². The zero-order chi connectivity index (χ0) is 20.5. The minimum Gasteiger partial charge on any atom is -0.432 e. The van der Waals surface area contributed by atoms with Crippen LogP contribution >= 0.6 is 0 Å². The highest BCUT2D eigenvalue weighted by Crippen LogP contribution is 2.23. The van der Waals surface area contributed by atoms with Crippen LogP contribution in [0.4, 0.5) is 10.5 Å². The van der Waals surface area contributed by atoms with E-state index in [1.165, 1.54) is 11.1 Å². The minimum absolute atomic E-state index is 0.260. The summed E-state index contributed by atoms with van der Waals surface area (Å²) >= 11 is 0. The first-order valence-corrected chi connectivity index (χ1v) is 9.86. The van der Waals surface area contributed by atoms with Gasteiger partial charge in [0.15, 0.2) is 0 Å². The Bertz CT molecular complexity index is 879. The second kappa shape index (κ2) is 10.3. The Labute approximate surface area is 172 Å². The van der Waals surface area contributed by atoms with Crippen LogP contribution < -0.4 is 9.64 Å². The number of nitrogens with zero attached hydrogens (tertiary/aromatic N) is 1. The van der Waals surface area contributed by atoms with Crippen LogP contribution in [0.5, 0.6) is 5.75 Å². The maximum absolute atomic E-state index is 11.9. The first kappa shape index (κ1) is 20.5. The van der Waals surface area contributed by atoms with Gasteiger partial charge in [0.25, 0.3) is 0 Å². The zero-order valence-corrected chi connectivity index (χ0v) is 17.0. The van der Waals surface area contributed by atoms with Gasteiger partial charge in [0, 0.05) is 12.7 Å². The van der Waals surface area contributed by atoms with Crippen LogP contribution in [0.1, 0.15) is 24.0 Å². The lowest BCUT2D eigenvalue weighted by Gasteiger charge is -2.18. The summed E-state index contributed by atoms with van der Waals surface area (Å²) in [6, 6.07) is 28.0. The van der Waals surface area contributed by atoms with Crippen molar-refractivity contribution in [1.82, 2.24) is 0 Å². The number of rotatable bonds is 8. The Kier molecular flexibility index (Phi) is 7.28. The van der Waals surface area contributed by atoms with E-state index in [2.05, 4.69) is 31.2 Å². The fraction of sp³-hybridized carbons (Fsp3) is 0.240. The van der Waals surface area contributed by atoms with Crippen molar-refractivity contribution in [1.29, 1.82) is 0 Å². The molecule has 4 heteroatoms. The molecule has 1 unspecified atom stereocenters. The van der Waals surface area contributed by atoms with Crippen LogP contribution in [-0.4, -0.2) is 26.4 Å². The predicted molar refractivity (Wildman–Crippen MR) is 117 cm³/mol. The molecule has 0 saturated carbocycles. The second-order valence-electron chi connectivity index (χ2n) is 7.12. The van der Waals surface area contributed by atoms with Gasteiger partial charge >= 0.3 is 6.16 Å². The third-order valence-electron chi connectivity index (χ3n) is 4.88. The molecule has 0 N–H and O–H groups in total. The summed E-state index contributed by atoms with van der Waals surface area (Å²) in [5, 5.41) is 0. The molecule has 3 aromatic carbocycles. The molecule has 1 atom stereocenters. The number of benzene rings is 3. The van der Waals surface area contributed by atoms with Gasteiger partial charge in [-0.15, -0.1) is 0 Å². The quantitative estimate of drug-likeness (QED) is 0.367. The third kappa shape index (κ3) is 6.39. The number of para-hydroxylation sites is 1. The maximum atomic E-state index is 11.9. The molecule has 29 heavy (non-hydrogen) atoms. The molecular formula is C25H27NO3. The van der Waals surface area contributed by atoms with Crippen molar-refractivity contribution in [3.05, 3.63) is 96.1 Å². The van der Waals surface area contributed by atoms with E-state index in [9.17, 15) is 4.79 Å². The molecule has 0 spiro atoms. The molecule has 0 bridgehead atoms. The maximum Gasteiger partial charge on any atom is 0.513 e. The number of ether oxygens (including phenoxy) is 2. The van der Waals surface area contributed by atoms with Crippen molar-refractivity contribution >= 4 is 11.8 Å². The van der Waals surface area contributed by atoms with Gasteiger partial charge in [-0.25, -0.2) is 4.79 Å². The smallest absolute Gasteiger partial charge is 0.432 e. The van der Waals surface area contributed by atoms with E-state index in [4.69, 9.17) is 9.47 Å². The highest BCUT2D eigenvalue weighted by molar-refractivity contribution is 5.63. The van der Waals surface area contributed by atoms with E-state index in [1.54, 1.807) is 0 Å². The number of carbonyl (C=O) groups is 1. The number of anilines is 1. The highest BCUT2D eigenvalue weighted by atomic mass is 16.7. The second-order valence-corrected chi connectivity index (χ2v) is 7.12. The molecule has 4 nitrogen and oxygen atoms in total. The van der Waals surface area contributed by atoms with Gasteiger partial charge in [0.05, 0.1) is 6.54 Å². The standard InChI is InChI=1S/C25H27NO3/c1-20(19-21-9-5-3-6-10-21)22-13-15-24(16-14-22)29-25(27)28-18-17-26(2)23-11-7-4-8-12-23/h3-16,20H,17-19H2,1-2H3. The largest absolute Gasteiger partial charge is 0.513 e. The van der Waals surface area contributed by atoms with Crippen molar-refractivity contribution in [2.24, 2.45) is 0 Å². The van der Waals surface area contributed by atoms with Crippen molar-refractivity contribution in [3.63, 3.8) is 0 Å². The Balaban J connectivity index is 1.43. The van der Waals surface area contributed by atoms with Gasteiger partial charge in [-0.05, 0) is 47.7 Å². The molecule has 0 heterocycles. The van der Waals surface area contributed by atoms with Crippen LogP contribution in [0, 0.1) is 0 Å². The molecule has 0 aliphatic rings. The fourth-order valence-corrected chi connectivity index (χ4v) is 3.15. The summed E-state index contributed by atoms with van der Waals surface area (Å²) in [4.78, 5) is 14.0. The molecule has 0 aliphatic carbocycles. The molecule has 0 aliphatic heterocycles. The SMILES string of the molecule is CC(Cc1ccccc1)c1ccc(OC(=O)OCCN(C)c2ccccc2)cc1. The van der Waals surface area contributed by atoms with Gasteiger partial charge < -0.3 is 14.4 Å². The molecule has 3 aromatic rings. The van der Waals surface area contributed by atoms with E-state index in [0.717, 1.165) is 12.1 Å². The monoisotopic (exact) mass is 389 g/mol. The molecule has 0 radical (unpaired) electrons. The summed E-state index contributed by atoms with van der Waals surface area (Å²) in [5.74, 6) is 0.869. The normalized spacial score (nSPS) is 11.5. The number of hydrogen-bond acceptors (Lipinski definition) is 4. The summed E-state index contributed by atoms with van der Waals surface area (Å²) in [5.41, 5.74) is 3.59. The number of likely N-dealkylation sites (N-methyl/N-ethyl adjacent to an activating group) is 1. The summed E-state index contributed by atoms with van der Waals surface area (Å²) in [7, 11) is 1.96. The number of carbonyl (C=O) groups excluding carboxylic acids is 1. The highest BCUT2D eigenvalue weighted by Gasteiger charge is 2.10. The first-order valence-electron chi connectivity index (χ1n) is 9.86. The molecule has 3 rings (SSSR count). The average Bonchev–Trinajstić information content (AvgIpc) is 2.75. The summed E-state index contributed by atoms with van der Waals surface area (Å²) in [6.07, 6.45) is 0.287. The van der Waals surface area contributed by atoms with Gasteiger partial charge in [0.1, 0.15) is 12.4 Å². The minimum atomic E-state index is -0.684. The van der Waals surface area contributed by atoms with E-state index in [1.807, 2.05) is 72.6 Å². The molecule has 0 saturated heterocycles. The molecular weight excluding hydrogens is 362 g/mol. The Hall–Kier alpha value is -3.27. The van der Waals surface area contributed by atoms with Gasteiger partial charge in [-0.3, -0.25) is 0 Å². The van der Waals surface area contributed by atoms with Crippen LogP contribution in [0.3, 0.4) is 0 Å². The number of hydrogen-bond donors (Lipinski definition) is 0. The summed E-state index contributed by atoms with van der Waals surface area (Å²) < 4.78 is 10.5. The zero-order valence-electron chi connectivity index (χ0n) is 17.0. The molecule has 0 aromatic heterocycles. The first-order chi connectivity index (χ1) is 14.1. The lowest BCUT2D eigenvalue weighted by Crippen LogP contribution is -2.24. The van der Waals surface area contributed by atoms with Crippen molar-refractivity contribution in [2.45, 2.75) is 19.3 Å². The van der Waals surface area contributed by atoms with Crippen LogP contribution in [0.15, 0.2) is 84.9 Å². The van der Waals surface area contributed by atoms with Crippen molar-refractivity contribution in [2.75, 3.05) is 25.1 Å². The molecule has 0 amide bonds. The topological polar surface area (TPSA) is 38.8 Å². The summed E-state index contributed by atoms with van der Waals surface area (Å²) in [6.45, 7) is 3.05. The Morgan fingerprint density at radius 1 is 0.897 bits per heavy atom. The Morgan fingerprint density at radius 2 is 1.52 bits per heavy atom. The Morgan fingerprint density at radius 3 is 2.17 bits per heavy atom. The fourth-order valence-electron chi connectivity index (χ4n) is 3.15. The van der Waals surface area contributed by atoms with Crippen LogP contribution in [-0.2, 0) is 11.2 Å². The van der Waals surface area contributed by atoms with Crippen molar-refractivity contribution in [3.8, 4) is 5.75 Å².